The van der Waals surface area contributed by atoms with Gasteiger partial charge < -0.3 is 10.5 Å². The Morgan fingerprint density at radius 2 is 1.95 bits per heavy atom. The molecule has 2 rings (SSSR count). The molecular formula is C15H23F3N2O2. The molecule has 0 bridgehead atoms. The molecule has 0 amide bonds. The quantitative estimate of drug-likeness (QED) is 0.867. The van der Waals surface area contributed by atoms with Crippen molar-refractivity contribution in [2.24, 2.45) is 11.7 Å². The number of hydrogen-bond donors (Lipinski definition) is 1. The van der Waals surface area contributed by atoms with Gasteiger partial charge in [-0.1, -0.05) is 13.8 Å². The molecule has 0 radical (unpaired) electrons. The molecule has 1 aromatic rings. The third kappa shape index (κ3) is 5.63. The Morgan fingerprint density at radius 1 is 1.36 bits per heavy atom. The summed E-state index contributed by atoms with van der Waals surface area (Å²) in [6.45, 7) is 6.02. The van der Waals surface area contributed by atoms with Gasteiger partial charge in [0.1, 0.15) is 0 Å². The van der Waals surface area contributed by atoms with Crippen LogP contribution in [-0.2, 0) is 15.7 Å². The predicted octanol–water partition coefficient (Wildman–Crippen LogP) is 3.37. The molecule has 7 heteroatoms. The second-order valence-electron chi connectivity index (χ2n) is 4.17. The summed E-state index contributed by atoms with van der Waals surface area (Å²) in [5.41, 5.74) is 4.24. The second kappa shape index (κ2) is 9.40. The van der Waals surface area contributed by atoms with E-state index in [2.05, 4.69) is 10.7 Å². The summed E-state index contributed by atoms with van der Waals surface area (Å²) in [6, 6.07) is 2.32. The number of pyridine rings is 1. The van der Waals surface area contributed by atoms with Crippen LogP contribution in [0.3, 0.4) is 0 Å². The van der Waals surface area contributed by atoms with E-state index in [4.69, 9.17) is 4.74 Å². The zero-order chi connectivity index (χ0) is 17.3. The lowest BCUT2D eigenvalue weighted by Gasteiger charge is -2.06. The molecule has 22 heavy (non-hydrogen) atoms. The summed E-state index contributed by atoms with van der Waals surface area (Å²) in [5, 5.41) is 0. The lowest BCUT2D eigenvalue weighted by molar-refractivity contribution is -0.144. The van der Waals surface area contributed by atoms with E-state index >= 15 is 0 Å². The number of esters is 1. The highest BCUT2D eigenvalue weighted by atomic mass is 19.4. The molecule has 1 heterocycles. The topological polar surface area (TPSA) is 65.2 Å². The van der Waals surface area contributed by atoms with Gasteiger partial charge >= 0.3 is 12.1 Å². The number of ether oxygens (including phenoxy) is 1. The summed E-state index contributed by atoms with van der Waals surface area (Å²) < 4.78 is 41.8. The zero-order valence-electron chi connectivity index (χ0n) is 13.3. The number of carbonyl (C=O) groups excluding carboxylic acids is 1. The van der Waals surface area contributed by atoms with Gasteiger partial charge in [-0.2, -0.15) is 13.2 Å². The molecule has 1 aliphatic carbocycles. The first-order valence-corrected chi connectivity index (χ1v) is 7.21. The van der Waals surface area contributed by atoms with Gasteiger partial charge in [0.25, 0.3) is 0 Å². The average Bonchev–Trinajstić information content (AvgIpc) is 3.31. The monoisotopic (exact) mass is 320 g/mol. The SMILES string of the molecule is CC.CCOC(=O)C1CC1c1ccc(C(F)(F)F)cn1.CN. The van der Waals surface area contributed by atoms with Crippen LogP contribution in [0.1, 0.15) is 44.4 Å². The van der Waals surface area contributed by atoms with E-state index in [-0.39, 0.29) is 17.8 Å². The molecule has 0 spiro atoms. The Bertz CT molecular complexity index is 447. The molecule has 2 N–H and O–H groups in total. The van der Waals surface area contributed by atoms with Crippen molar-refractivity contribution in [2.75, 3.05) is 13.7 Å². The van der Waals surface area contributed by atoms with Gasteiger partial charge in [-0.25, -0.2) is 0 Å². The largest absolute Gasteiger partial charge is 0.466 e. The van der Waals surface area contributed by atoms with Gasteiger partial charge in [0.2, 0.25) is 0 Å². The highest BCUT2D eigenvalue weighted by Gasteiger charge is 2.46. The summed E-state index contributed by atoms with van der Waals surface area (Å²) in [7, 11) is 1.50. The minimum atomic E-state index is -4.38. The highest BCUT2D eigenvalue weighted by molar-refractivity contribution is 5.77. The first kappa shape index (κ1) is 20.4. The maximum atomic E-state index is 12.3. The van der Waals surface area contributed by atoms with Crippen molar-refractivity contribution in [2.45, 2.75) is 39.3 Å². The van der Waals surface area contributed by atoms with Crippen LogP contribution < -0.4 is 5.73 Å². The van der Waals surface area contributed by atoms with Crippen molar-refractivity contribution in [3.8, 4) is 0 Å². The highest BCUT2D eigenvalue weighted by Crippen LogP contribution is 2.47. The fraction of sp³-hybridized carbons (Fsp3) is 0.600. The third-order valence-corrected chi connectivity index (χ3v) is 2.87. The molecule has 0 aliphatic heterocycles. The molecule has 0 aromatic carbocycles. The standard InChI is InChI=1S/C12H12F3NO2.C2H6.CH5N/c1-2-18-11(17)9-5-8(9)10-4-3-7(6-16-10)12(13,14)15;2*1-2/h3-4,6,8-9H,2,5H2,1H3;1-2H3;2H2,1H3. The normalized spacial score (nSPS) is 19.1. The van der Waals surface area contributed by atoms with Crippen molar-refractivity contribution in [3.05, 3.63) is 29.6 Å². The van der Waals surface area contributed by atoms with Crippen LogP contribution in [0.5, 0.6) is 0 Å². The molecular weight excluding hydrogens is 297 g/mol. The fourth-order valence-corrected chi connectivity index (χ4v) is 1.82. The summed E-state index contributed by atoms with van der Waals surface area (Å²) >= 11 is 0. The van der Waals surface area contributed by atoms with Crippen molar-refractivity contribution < 1.29 is 22.7 Å². The van der Waals surface area contributed by atoms with Gasteiger partial charge in [0.05, 0.1) is 18.1 Å². The summed E-state index contributed by atoms with van der Waals surface area (Å²) in [5.74, 6) is -0.662. The minimum absolute atomic E-state index is 0.105. The first-order valence-electron chi connectivity index (χ1n) is 7.21. The molecule has 1 fully saturated rings. The van der Waals surface area contributed by atoms with Crippen molar-refractivity contribution in [3.63, 3.8) is 0 Å². The van der Waals surface area contributed by atoms with E-state index in [9.17, 15) is 18.0 Å². The molecule has 126 valence electrons. The van der Waals surface area contributed by atoms with E-state index in [1.807, 2.05) is 13.8 Å². The van der Waals surface area contributed by atoms with Gasteiger partial charge in [-0.05, 0) is 32.5 Å². The average molecular weight is 320 g/mol. The van der Waals surface area contributed by atoms with Crippen molar-refractivity contribution in [1.29, 1.82) is 0 Å². The van der Waals surface area contributed by atoms with Crippen LogP contribution in [0.25, 0.3) is 0 Å². The molecule has 4 nitrogen and oxygen atoms in total. The Hall–Kier alpha value is -1.63. The maximum absolute atomic E-state index is 12.3. The molecule has 1 saturated carbocycles. The molecule has 1 aliphatic rings. The lowest BCUT2D eigenvalue weighted by Crippen LogP contribution is -2.08. The number of rotatable bonds is 3. The van der Waals surface area contributed by atoms with Crippen LogP contribution in [0.15, 0.2) is 18.3 Å². The number of carbonyl (C=O) groups is 1. The Balaban J connectivity index is 0.00000102. The molecule has 2 atom stereocenters. The maximum Gasteiger partial charge on any atom is 0.417 e. The Labute approximate surface area is 128 Å². The Morgan fingerprint density at radius 3 is 2.36 bits per heavy atom. The molecule has 0 saturated heterocycles. The van der Waals surface area contributed by atoms with Crippen molar-refractivity contribution in [1.82, 2.24) is 4.98 Å². The van der Waals surface area contributed by atoms with Crippen molar-refractivity contribution >= 4 is 5.97 Å². The van der Waals surface area contributed by atoms with Crippen LogP contribution in [0, 0.1) is 5.92 Å². The number of halogens is 3. The van der Waals surface area contributed by atoms with Gasteiger partial charge in [0, 0.05) is 17.8 Å². The predicted molar refractivity (Wildman–Crippen MR) is 78.2 cm³/mol. The van der Waals surface area contributed by atoms with Crippen LogP contribution in [0.2, 0.25) is 0 Å². The third-order valence-electron chi connectivity index (χ3n) is 2.87. The van der Waals surface area contributed by atoms with E-state index in [1.54, 1.807) is 6.92 Å². The molecule has 2 unspecified atom stereocenters. The van der Waals surface area contributed by atoms with Crippen LogP contribution in [-0.4, -0.2) is 24.6 Å². The Kier molecular flexibility index (Phi) is 8.70. The lowest BCUT2D eigenvalue weighted by atomic mass is 10.2. The van der Waals surface area contributed by atoms with Gasteiger partial charge in [0.15, 0.2) is 0 Å². The van der Waals surface area contributed by atoms with E-state index in [0.717, 1.165) is 12.3 Å². The minimum Gasteiger partial charge on any atom is -0.466 e. The van der Waals surface area contributed by atoms with Gasteiger partial charge in [-0.3, -0.25) is 9.78 Å². The zero-order valence-corrected chi connectivity index (χ0v) is 13.3. The summed E-state index contributed by atoms with van der Waals surface area (Å²) in [4.78, 5) is 15.2. The number of hydrogen-bond acceptors (Lipinski definition) is 4. The first-order chi connectivity index (χ1) is 10.4. The number of aromatic nitrogens is 1. The van der Waals surface area contributed by atoms with Crippen LogP contribution >= 0.6 is 0 Å². The number of nitrogens with zero attached hydrogens (tertiary/aromatic N) is 1. The molecule has 1 aromatic heterocycles. The second-order valence-corrected chi connectivity index (χ2v) is 4.17. The smallest absolute Gasteiger partial charge is 0.417 e. The van der Waals surface area contributed by atoms with Crippen LogP contribution in [0.4, 0.5) is 13.2 Å². The van der Waals surface area contributed by atoms with E-state index in [1.165, 1.54) is 13.1 Å². The van der Waals surface area contributed by atoms with E-state index < -0.39 is 11.7 Å². The number of nitrogens with two attached hydrogens (primary N) is 1. The van der Waals surface area contributed by atoms with E-state index in [0.29, 0.717) is 18.7 Å². The summed E-state index contributed by atoms with van der Waals surface area (Å²) in [6.07, 6.45) is -2.98. The van der Waals surface area contributed by atoms with Gasteiger partial charge in [-0.15, -0.1) is 0 Å². The fourth-order valence-electron chi connectivity index (χ4n) is 1.82. The number of alkyl halides is 3.